The number of fused-ring (bicyclic) bond motifs is 2. The summed E-state index contributed by atoms with van der Waals surface area (Å²) >= 11 is 0. The largest absolute Gasteiger partial charge is 0.394 e. The van der Waals surface area contributed by atoms with Crippen molar-refractivity contribution in [3.05, 3.63) is 0 Å². The van der Waals surface area contributed by atoms with Crippen LogP contribution in [-0.2, 0) is 18.9 Å². The van der Waals surface area contributed by atoms with Crippen molar-refractivity contribution in [2.45, 2.75) is 198 Å². The fourth-order valence-electron chi connectivity index (χ4n) is 14.4. The highest BCUT2D eigenvalue weighted by atomic mass is 16.7. The van der Waals surface area contributed by atoms with Gasteiger partial charge in [-0.15, -0.1) is 0 Å². The molecule has 56 heavy (non-hydrogen) atoms. The smallest absolute Gasteiger partial charge is 0.187 e. The maximum absolute atomic E-state index is 12.4. The van der Waals surface area contributed by atoms with Gasteiger partial charge in [-0.1, -0.05) is 34.6 Å². The lowest BCUT2D eigenvalue weighted by Gasteiger charge is -2.65. The summed E-state index contributed by atoms with van der Waals surface area (Å²) in [7, 11) is 0. The van der Waals surface area contributed by atoms with Gasteiger partial charge in [-0.25, -0.2) is 0 Å². The molecule has 7 fully saturated rings. The van der Waals surface area contributed by atoms with Gasteiger partial charge in [0.2, 0.25) is 0 Å². The fourth-order valence-corrected chi connectivity index (χ4v) is 14.4. The van der Waals surface area contributed by atoms with Gasteiger partial charge in [-0.3, -0.25) is 0 Å². The molecule has 5 aliphatic carbocycles. The Morgan fingerprint density at radius 2 is 1.29 bits per heavy atom. The fraction of sp³-hybridized carbons (Fsp3) is 1.00. The van der Waals surface area contributed by atoms with Gasteiger partial charge in [0.1, 0.15) is 48.8 Å². The van der Waals surface area contributed by atoms with Gasteiger partial charge in [-0.2, -0.15) is 0 Å². The second-order valence-corrected chi connectivity index (χ2v) is 21.0. The number of aliphatic hydroxyl groups excluding tert-OH is 9. The van der Waals surface area contributed by atoms with Crippen molar-refractivity contribution in [1.82, 2.24) is 0 Å². The van der Waals surface area contributed by atoms with E-state index in [1.807, 2.05) is 0 Å². The summed E-state index contributed by atoms with van der Waals surface area (Å²) < 4.78 is 24.0. The lowest BCUT2D eigenvalue weighted by molar-refractivity contribution is -0.327. The van der Waals surface area contributed by atoms with Crippen LogP contribution in [0.25, 0.3) is 0 Å². The minimum absolute atomic E-state index is 0.0261. The Morgan fingerprint density at radius 3 is 1.88 bits per heavy atom. The van der Waals surface area contributed by atoms with E-state index in [9.17, 15) is 51.1 Å². The molecule has 0 aromatic rings. The summed E-state index contributed by atoms with van der Waals surface area (Å²) in [6.07, 6.45) is -6.52. The first-order chi connectivity index (χ1) is 26.0. The zero-order valence-electron chi connectivity index (χ0n) is 34.4. The first-order valence-electron chi connectivity index (χ1n) is 21.4. The van der Waals surface area contributed by atoms with Gasteiger partial charge in [0.15, 0.2) is 12.6 Å². The molecule has 0 radical (unpaired) electrons. The third kappa shape index (κ3) is 6.41. The molecule has 14 nitrogen and oxygen atoms in total. The van der Waals surface area contributed by atoms with Crippen LogP contribution >= 0.6 is 0 Å². The van der Waals surface area contributed by atoms with Crippen LogP contribution in [0.5, 0.6) is 0 Å². The quantitative estimate of drug-likeness (QED) is 0.131. The lowest BCUT2D eigenvalue weighted by Crippen LogP contribution is -2.63. The van der Waals surface area contributed by atoms with Gasteiger partial charge in [0, 0.05) is 0 Å². The Kier molecular flexibility index (Phi) is 11.5. The van der Waals surface area contributed by atoms with E-state index < -0.39 is 92.4 Å². The summed E-state index contributed by atoms with van der Waals surface area (Å²) in [5.41, 5.74) is -1.70. The monoisotopic (exact) mass is 800 g/mol. The van der Waals surface area contributed by atoms with E-state index in [1.54, 1.807) is 13.8 Å². The molecule has 0 aromatic carbocycles. The predicted octanol–water partition coefficient (Wildman–Crippen LogP) is 0.954. The standard InChI is InChI=1S/C42H72O14/c1-20(8-9-27(38(4,5)52)56-36-33(51)31(49)29(47)24(18-44)54-36)21-10-12-40(7)34-22(45)16-25-37(2,3)26(55-35-32(50)30(48)28(46)23(17-43)53-35)11-13-41(25)19-42(34,41)15-14-39(21,40)6/h20-36,43-52H,8-19H2,1-7H3/t20-,21-,22+,23-,24-,25+,26+,27-,28-,29-,30+,31+,32-,33-,34+,35+,36+,39-,40+,41-,42+/m1/s1. The second kappa shape index (κ2) is 14.8. The van der Waals surface area contributed by atoms with Crippen molar-refractivity contribution < 1.29 is 70.0 Å². The van der Waals surface area contributed by atoms with Crippen LogP contribution in [0.1, 0.15) is 113 Å². The third-order valence-corrected chi connectivity index (χ3v) is 17.7. The zero-order valence-corrected chi connectivity index (χ0v) is 34.4. The molecule has 5 saturated carbocycles. The molecule has 0 unspecified atom stereocenters. The molecule has 2 spiro atoms. The molecular weight excluding hydrogens is 728 g/mol. The van der Waals surface area contributed by atoms with E-state index in [-0.39, 0.29) is 50.9 Å². The number of ether oxygens (including phenoxy) is 4. The highest BCUT2D eigenvalue weighted by molar-refractivity contribution is 5.32. The van der Waals surface area contributed by atoms with E-state index in [1.165, 1.54) is 0 Å². The first kappa shape index (κ1) is 43.5. The Morgan fingerprint density at radius 1 is 0.696 bits per heavy atom. The van der Waals surface area contributed by atoms with Crippen molar-refractivity contribution >= 4 is 0 Å². The molecule has 14 heteroatoms. The van der Waals surface area contributed by atoms with Gasteiger partial charge in [0.25, 0.3) is 0 Å². The average Bonchev–Trinajstić information content (AvgIpc) is 3.70. The van der Waals surface area contributed by atoms with Crippen molar-refractivity contribution in [3.63, 3.8) is 0 Å². The summed E-state index contributed by atoms with van der Waals surface area (Å²) in [5.74, 6) is 0.962. The van der Waals surface area contributed by atoms with Crippen molar-refractivity contribution in [1.29, 1.82) is 0 Å². The van der Waals surface area contributed by atoms with E-state index in [2.05, 4.69) is 34.6 Å². The third-order valence-electron chi connectivity index (χ3n) is 17.7. The molecule has 7 aliphatic rings. The molecule has 0 bridgehead atoms. The molecule has 2 heterocycles. The summed E-state index contributed by atoms with van der Waals surface area (Å²) in [5, 5.41) is 106. The minimum atomic E-state index is -1.57. The number of aliphatic hydroxyl groups is 10. The van der Waals surface area contributed by atoms with Gasteiger partial charge < -0.3 is 70.0 Å². The normalized spacial score (nSPS) is 53.6. The summed E-state index contributed by atoms with van der Waals surface area (Å²) in [4.78, 5) is 0. The lowest BCUT2D eigenvalue weighted by atomic mass is 9.41. The number of rotatable bonds is 11. The maximum Gasteiger partial charge on any atom is 0.187 e. The van der Waals surface area contributed by atoms with E-state index in [4.69, 9.17) is 18.9 Å². The zero-order chi connectivity index (χ0) is 41.1. The van der Waals surface area contributed by atoms with E-state index in [0.29, 0.717) is 18.8 Å². The Labute approximate surface area is 331 Å². The highest BCUT2D eigenvalue weighted by Crippen LogP contribution is 2.89. The van der Waals surface area contributed by atoms with Crippen LogP contribution in [0.3, 0.4) is 0 Å². The van der Waals surface area contributed by atoms with E-state index >= 15 is 0 Å². The van der Waals surface area contributed by atoms with Gasteiger partial charge in [0.05, 0.1) is 37.1 Å². The van der Waals surface area contributed by atoms with Crippen molar-refractivity contribution in [2.75, 3.05) is 13.2 Å². The van der Waals surface area contributed by atoms with Gasteiger partial charge in [-0.05, 0) is 129 Å². The molecule has 2 saturated heterocycles. The molecule has 0 amide bonds. The molecule has 7 rings (SSSR count). The highest BCUT2D eigenvalue weighted by Gasteiger charge is 2.84. The number of hydrogen-bond acceptors (Lipinski definition) is 14. The summed E-state index contributed by atoms with van der Waals surface area (Å²) in [6.45, 7) is 13.7. The van der Waals surface area contributed by atoms with Crippen LogP contribution in [0.4, 0.5) is 0 Å². The maximum atomic E-state index is 12.4. The molecule has 2 aliphatic heterocycles. The van der Waals surface area contributed by atoms with Crippen LogP contribution in [-0.4, -0.2) is 150 Å². The van der Waals surface area contributed by atoms with E-state index in [0.717, 1.165) is 51.4 Å². The molecular formula is C42H72O14. The molecule has 10 N–H and O–H groups in total. The Hall–Kier alpha value is -0.560. The molecule has 21 atom stereocenters. The molecule has 0 aromatic heterocycles. The van der Waals surface area contributed by atoms with Crippen molar-refractivity contribution in [2.24, 2.45) is 50.7 Å². The van der Waals surface area contributed by atoms with Crippen molar-refractivity contribution in [3.8, 4) is 0 Å². The van der Waals surface area contributed by atoms with Crippen LogP contribution in [0.15, 0.2) is 0 Å². The molecule has 324 valence electrons. The first-order valence-corrected chi connectivity index (χ1v) is 21.4. The number of hydrogen-bond donors (Lipinski definition) is 10. The minimum Gasteiger partial charge on any atom is -0.394 e. The predicted molar refractivity (Wildman–Crippen MR) is 200 cm³/mol. The Bertz CT molecular complexity index is 1410. The van der Waals surface area contributed by atoms with Crippen LogP contribution in [0.2, 0.25) is 0 Å². The van der Waals surface area contributed by atoms with Crippen LogP contribution < -0.4 is 0 Å². The summed E-state index contributed by atoms with van der Waals surface area (Å²) in [6, 6.07) is 0. The average molecular weight is 801 g/mol. The second-order valence-electron chi connectivity index (χ2n) is 21.0. The SMILES string of the molecule is C[C@H](CC[C@@H](O[C@@H]1O[C@H](CO)[C@@H](O)[C@H](O)[C@H]1O)C(C)(C)O)[C@H]1CC[C@@]2(C)[C@@H]3[C@@H](O)C[C@H]4C(C)(C)[C@@H](O[C@@H]5O[C@H](CO)[C@@H](O)[C@H](O)[C@H]5O)CC[C@@]45C[C@@]35CC[C@]12C. The topological polar surface area (TPSA) is 239 Å². The van der Waals surface area contributed by atoms with Gasteiger partial charge >= 0.3 is 0 Å². The Balaban J connectivity index is 1.04. The van der Waals surface area contributed by atoms with Crippen LogP contribution in [0, 0.1) is 50.7 Å².